The van der Waals surface area contributed by atoms with Crippen LogP contribution >= 0.6 is 0 Å². The van der Waals surface area contributed by atoms with Crippen LogP contribution in [0.15, 0.2) is 0 Å². The van der Waals surface area contributed by atoms with E-state index in [0.717, 1.165) is 6.54 Å². The summed E-state index contributed by atoms with van der Waals surface area (Å²) in [7, 11) is 1.85. The molecule has 2 aliphatic rings. The van der Waals surface area contributed by atoms with Gasteiger partial charge in [0.25, 0.3) is 0 Å². The van der Waals surface area contributed by atoms with Crippen LogP contribution in [0.2, 0.25) is 0 Å². The Morgan fingerprint density at radius 3 is 2.52 bits per heavy atom. The van der Waals surface area contributed by atoms with Crippen LogP contribution < -0.4 is 16.4 Å². The molecular weight excluding hydrogens is 302 g/mol. The summed E-state index contributed by atoms with van der Waals surface area (Å²) >= 11 is 0. The second-order valence-corrected chi connectivity index (χ2v) is 6.49. The van der Waals surface area contributed by atoms with Gasteiger partial charge in [-0.05, 0) is 26.4 Å². The molecule has 1 saturated heterocycles. The number of hydrogen-bond acceptors (Lipinski definition) is 8. The van der Waals surface area contributed by atoms with E-state index in [9.17, 15) is 15.3 Å². The molecule has 2 rings (SSSR count). The van der Waals surface area contributed by atoms with E-state index in [1.165, 1.54) is 0 Å². The summed E-state index contributed by atoms with van der Waals surface area (Å²) in [5.41, 5.74) is 6.12. The molecule has 0 aromatic rings. The van der Waals surface area contributed by atoms with Gasteiger partial charge in [0.1, 0.15) is 18.3 Å². The van der Waals surface area contributed by atoms with E-state index in [1.54, 1.807) is 0 Å². The molecule has 8 heteroatoms. The first kappa shape index (κ1) is 19.0. The fraction of sp³-hybridized carbons (Fsp3) is 1.00. The average Bonchev–Trinajstić information content (AvgIpc) is 2.52. The zero-order valence-electron chi connectivity index (χ0n) is 13.9. The zero-order chi connectivity index (χ0) is 17.0. The predicted molar refractivity (Wildman–Crippen MR) is 84.8 cm³/mol. The summed E-state index contributed by atoms with van der Waals surface area (Å²) in [4.78, 5) is 0. The summed E-state index contributed by atoms with van der Waals surface area (Å²) < 4.78 is 11.6. The number of aliphatic hydroxyl groups excluding tert-OH is 3. The molecule has 5 unspecified atom stereocenters. The number of ether oxygens (including phenoxy) is 2. The maximum Gasteiger partial charge on any atom is 0.161 e. The van der Waals surface area contributed by atoms with Crippen molar-refractivity contribution in [1.82, 2.24) is 10.6 Å². The van der Waals surface area contributed by atoms with Crippen molar-refractivity contribution < 1.29 is 24.8 Å². The number of rotatable bonds is 6. The first-order valence-corrected chi connectivity index (χ1v) is 8.44. The number of hydrogen-bond donors (Lipinski definition) is 6. The molecule has 1 aliphatic carbocycles. The van der Waals surface area contributed by atoms with Gasteiger partial charge in [-0.25, -0.2) is 0 Å². The van der Waals surface area contributed by atoms with Crippen molar-refractivity contribution in [3.63, 3.8) is 0 Å². The minimum atomic E-state index is -0.951. The lowest BCUT2D eigenvalue weighted by Gasteiger charge is -2.42. The highest BCUT2D eigenvalue weighted by atomic mass is 16.7. The summed E-state index contributed by atoms with van der Waals surface area (Å²) in [6.07, 6.45) is -2.89. The van der Waals surface area contributed by atoms with Crippen LogP contribution in [0.4, 0.5) is 0 Å². The molecule has 1 aliphatic heterocycles. The summed E-state index contributed by atoms with van der Waals surface area (Å²) in [5.74, 6) is 0. The molecular formula is C15H31N3O5. The van der Waals surface area contributed by atoms with Crippen LogP contribution in [-0.4, -0.2) is 84.4 Å². The maximum atomic E-state index is 10.3. The van der Waals surface area contributed by atoms with Crippen LogP contribution in [0, 0.1) is 0 Å². The Morgan fingerprint density at radius 1 is 1.17 bits per heavy atom. The van der Waals surface area contributed by atoms with Gasteiger partial charge < -0.3 is 41.2 Å². The van der Waals surface area contributed by atoms with Gasteiger partial charge in [-0.1, -0.05) is 6.92 Å². The topological polar surface area (TPSA) is 129 Å². The molecule has 1 heterocycles. The molecule has 0 bridgehead atoms. The quantitative estimate of drug-likeness (QED) is 0.326. The third kappa shape index (κ3) is 4.83. The Bertz CT molecular complexity index is 350. The number of likely N-dealkylation sites (N-methyl/N-ethyl adjacent to an activating group) is 1. The van der Waals surface area contributed by atoms with E-state index in [4.69, 9.17) is 15.2 Å². The Balaban J connectivity index is 1.93. The Kier molecular flexibility index (Phi) is 7.18. The normalized spacial score (nSPS) is 45.1. The van der Waals surface area contributed by atoms with Crippen molar-refractivity contribution in [1.29, 1.82) is 0 Å². The average molecular weight is 333 g/mol. The third-order valence-corrected chi connectivity index (χ3v) is 4.73. The van der Waals surface area contributed by atoms with Crippen LogP contribution in [0.1, 0.15) is 26.2 Å². The van der Waals surface area contributed by atoms with Crippen molar-refractivity contribution in [3.8, 4) is 0 Å². The van der Waals surface area contributed by atoms with E-state index in [1.807, 2.05) is 14.0 Å². The van der Waals surface area contributed by atoms with Gasteiger partial charge in [0.15, 0.2) is 6.29 Å². The van der Waals surface area contributed by atoms with E-state index in [0.29, 0.717) is 19.4 Å². The van der Waals surface area contributed by atoms with Gasteiger partial charge in [0.2, 0.25) is 0 Å². The first-order valence-electron chi connectivity index (χ1n) is 8.44. The van der Waals surface area contributed by atoms with Crippen molar-refractivity contribution >= 4 is 0 Å². The van der Waals surface area contributed by atoms with Gasteiger partial charge in [-0.3, -0.25) is 0 Å². The summed E-state index contributed by atoms with van der Waals surface area (Å²) in [6, 6.07) is -0.142. The minimum Gasteiger partial charge on any atom is -0.390 e. The Hall–Kier alpha value is -0.320. The van der Waals surface area contributed by atoms with Crippen LogP contribution in [0.5, 0.6) is 0 Å². The maximum absolute atomic E-state index is 10.3. The number of nitrogens with one attached hydrogen (secondary N) is 2. The van der Waals surface area contributed by atoms with Crippen LogP contribution in [0.25, 0.3) is 0 Å². The first-order chi connectivity index (χ1) is 11.0. The zero-order valence-corrected chi connectivity index (χ0v) is 13.9. The van der Waals surface area contributed by atoms with E-state index >= 15 is 0 Å². The second kappa shape index (κ2) is 8.68. The molecule has 2 fully saturated rings. The van der Waals surface area contributed by atoms with Crippen LogP contribution in [-0.2, 0) is 9.47 Å². The highest BCUT2D eigenvalue weighted by molar-refractivity contribution is 4.93. The molecule has 23 heavy (non-hydrogen) atoms. The van der Waals surface area contributed by atoms with Crippen molar-refractivity contribution in [3.05, 3.63) is 0 Å². The van der Waals surface area contributed by atoms with Crippen molar-refractivity contribution in [2.24, 2.45) is 5.73 Å². The molecule has 8 nitrogen and oxygen atoms in total. The Morgan fingerprint density at radius 2 is 1.91 bits per heavy atom. The molecule has 0 aromatic carbocycles. The lowest BCUT2D eigenvalue weighted by Crippen LogP contribution is -2.58. The molecule has 0 spiro atoms. The van der Waals surface area contributed by atoms with Gasteiger partial charge in [-0.2, -0.15) is 0 Å². The minimum absolute atomic E-state index is 0.162. The largest absolute Gasteiger partial charge is 0.390 e. The highest BCUT2D eigenvalue weighted by Crippen LogP contribution is 2.27. The van der Waals surface area contributed by atoms with Crippen LogP contribution in [0.3, 0.4) is 0 Å². The molecule has 0 radical (unpaired) electrons. The van der Waals surface area contributed by atoms with Gasteiger partial charge in [0, 0.05) is 25.0 Å². The summed E-state index contributed by atoms with van der Waals surface area (Å²) in [6.45, 7) is 3.12. The highest BCUT2D eigenvalue weighted by Gasteiger charge is 2.41. The van der Waals surface area contributed by atoms with Gasteiger partial charge in [-0.15, -0.1) is 0 Å². The predicted octanol–water partition coefficient (Wildman–Crippen LogP) is -2.11. The third-order valence-electron chi connectivity index (χ3n) is 4.73. The fourth-order valence-corrected chi connectivity index (χ4v) is 3.33. The molecule has 0 amide bonds. The monoisotopic (exact) mass is 333 g/mol. The van der Waals surface area contributed by atoms with E-state index < -0.39 is 36.8 Å². The van der Waals surface area contributed by atoms with E-state index in [-0.39, 0.29) is 18.5 Å². The standard InChI is InChI=1S/C15H31N3O5/c1-3-18-7-12-14(21)10(19)6-13(22-12)23-15-9(16)4-8(17-2)5-11(15)20/h8-15,17-21H,3-7,16H2,1-2H3/t8?,9?,10?,11?,12?,13-,14+,15-/m1/s1. The van der Waals surface area contributed by atoms with Crippen molar-refractivity contribution in [2.75, 3.05) is 20.1 Å². The smallest absolute Gasteiger partial charge is 0.161 e. The second-order valence-electron chi connectivity index (χ2n) is 6.49. The molecule has 1 saturated carbocycles. The van der Waals surface area contributed by atoms with Gasteiger partial charge >= 0.3 is 0 Å². The van der Waals surface area contributed by atoms with Crippen molar-refractivity contribution in [2.45, 2.75) is 75.1 Å². The van der Waals surface area contributed by atoms with Gasteiger partial charge in [0.05, 0.1) is 12.2 Å². The van der Waals surface area contributed by atoms with E-state index in [2.05, 4.69) is 10.6 Å². The Labute approximate surface area is 137 Å². The summed E-state index contributed by atoms with van der Waals surface area (Å²) in [5, 5.41) is 36.5. The molecule has 136 valence electrons. The molecule has 0 aromatic heterocycles. The SMILES string of the molecule is CCNCC1O[C@H](O[C@@H]2C(N)CC(NC)CC2O)CC(O)[C@@H]1O. The lowest BCUT2D eigenvalue weighted by molar-refractivity contribution is -0.276. The molecule has 8 atom stereocenters. The lowest BCUT2D eigenvalue weighted by atomic mass is 9.86. The number of nitrogens with two attached hydrogens (primary N) is 1. The molecule has 7 N–H and O–H groups in total. The fourth-order valence-electron chi connectivity index (χ4n) is 3.33. The number of aliphatic hydroxyl groups is 3.